The third kappa shape index (κ3) is 6.42. The smallest absolute Gasteiger partial charge is 0.306 e. The predicted molar refractivity (Wildman–Crippen MR) is 231 cm³/mol. The van der Waals surface area contributed by atoms with Crippen molar-refractivity contribution >= 4 is 45.7 Å². The fourth-order valence-electron chi connectivity index (χ4n) is 8.19. The van der Waals surface area contributed by atoms with E-state index in [0.717, 1.165) is 85.3 Å². The molecule has 11 rings (SSSR count). The van der Waals surface area contributed by atoms with Crippen LogP contribution in [0.3, 0.4) is 0 Å². The summed E-state index contributed by atoms with van der Waals surface area (Å²) in [4.78, 5) is 21.5. The largest absolute Gasteiger partial charge is 0.497 e. The average molecular weight is 789 g/mol. The first-order valence-electron chi connectivity index (χ1n) is 19.7. The summed E-state index contributed by atoms with van der Waals surface area (Å²) in [5.41, 5.74) is 10.8. The normalized spacial score (nSPS) is 14.1. The molecular formula is C49H36N6O5. The second-order valence-corrected chi connectivity index (χ2v) is 14.8. The Bertz CT molecular complexity index is 3260. The van der Waals surface area contributed by atoms with E-state index in [2.05, 4.69) is 95.2 Å². The van der Waals surface area contributed by atoms with E-state index < -0.39 is 0 Å². The van der Waals surface area contributed by atoms with Crippen LogP contribution in [0.2, 0.25) is 0 Å². The number of oxazole rings is 2. The molecule has 60 heavy (non-hydrogen) atoms. The highest BCUT2D eigenvalue weighted by atomic mass is 16.6. The minimum atomic E-state index is -0.0955. The predicted octanol–water partition coefficient (Wildman–Crippen LogP) is 10.6. The van der Waals surface area contributed by atoms with E-state index in [1.54, 1.807) is 32.1 Å². The second-order valence-electron chi connectivity index (χ2n) is 14.8. The molecule has 0 saturated carbocycles. The Morgan fingerprint density at radius 2 is 1.32 bits per heavy atom. The first kappa shape index (κ1) is 35.3. The van der Waals surface area contributed by atoms with Gasteiger partial charge in [-0.05, 0) is 73.6 Å². The van der Waals surface area contributed by atoms with E-state index in [-0.39, 0.29) is 6.10 Å². The lowest BCUT2D eigenvalue weighted by atomic mass is 9.94. The van der Waals surface area contributed by atoms with Crippen LogP contribution in [-0.4, -0.2) is 44.4 Å². The lowest BCUT2D eigenvalue weighted by Gasteiger charge is -2.11. The zero-order valence-corrected chi connectivity index (χ0v) is 32.4. The number of fused-ring (bicyclic) bond motifs is 5. The summed E-state index contributed by atoms with van der Waals surface area (Å²) in [7, 11) is 1.65. The Labute approximate surface area is 343 Å². The molecule has 11 heteroatoms. The summed E-state index contributed by atoms with van der Waals surface area (Å²) in [6.07, 6.45) is 11.8. The number of methoxy groups -OCH3 is 1. The molecule has 6 aromatic carbocycles. The Morgan fingerprint density at radius 3 is 2.08 bits per heavy atom. The van der Waals surface area contributed by atoms with E-state index in [0.29, 0.717) is 18.3 Å². The number of oxime groups is 2. The standard InChI is InChI=1S/C49H36N6O5/c1-56-40-17-9-31(10-18-40)30-59-50-28-44-47(53-49-54(44)19-21-58-49)38-16-12-33-7-4-8-42(43(33)27-38)36-14-13-35-25-41(26-39(35)24-36)60-51-29-45-46(52-48-55(45)20-22-57-48)37-15-11-32-5-2-3-6-34(32)23-37/h2-24,27-29,41H,25-26,30H2,1H3/b50-28+,51-29+. The Balaban J connectivity index is 0.834. The Hall–Kier alpha value is -7.92. The molecule has 11 nitrogen and oxygen atoms in total. The van der Waals surface area contributed by atoms with Gasteiger partial charge in [0.15, 0.2) is 0 Å². The van der Waals surface area contributed by atoms with Crippen molar-refractivity contribution in [3.05, 3.63) is 174 Å². The average Bonchev–Trinajstić information content (AvgIpc) is 4.13. The van der Waals surface area contributed by atoms with Gasteiger partial charge in [-0.15, -0.1) is 0 Å². The maximum absolute atomic E-state index is 6.18. The van der Waals surface area contributed by atoms with Gasteiger partial charge >= 0.3 is 11.7 Å². The molecule has 0 saturated heterocycles. The Kier molecular flexibility index (Phi) is 8.69. The zero-order chi connectivity index (χ0) is 40.0. The third-order valence-electron chi connectivity index (χ3n) is 11.2. The molecule has 0 spiro atoms. The van der Waals surface area contributed by atoms with Gasteiger partial charge in [-0.1, -0.05) is 107 Å². The number of benzene rings is 6. The second kappa shape index (κ2) is 14.8. The van der Waals surface area contributed by atoms with Gasteiger partial charge in [0, 0.05) is 36.4 Å². The molecule has 0 aliphatic heterocycles. The zero-order valence-electron chi connectivity index (χ0n) is 32.4. The summed E-state index contributed by atoms with van der Waals surface area (Å²) in [6, 6.07) is 41.8. The number of rotatable bonds is 11. The molecule has 0 amide bonds. The monoisotopic (exact) mass is 788 g/mol. The molecular weight excluding hydrogens is 753 g/mol. The fourth-order valence-corrected chi connectivity index (χ4v) is 8.19. The molecule has 1 aliphatic rings. The van der Waals surface area contributed by atoms with Crippen molar-refractivity contribution in [1.29, 1.82) is 0 Å². The maximum atomic E-state index is 6.18. The van der Waals surface area contributed by atoms with Crippen LogP contribution in [0.25, 0.3) is 66.9 Å². The summed E-state index contributed by atoms with van der Waals surface area (Å²) < 4.78 is 20.4. The molecule has 10 aromatic rings. The molecule has 292 valence electrons. The molecule has 1 atom stereocenters. The first-order chi connectivity index (χ1) is 29.6. The molecule has 4 heterocycles. The van der Waals surface area contributed by atoms with Gasteiger partial charge in [-0.25, -0.2) is 0 Å². The van der Waals surface area contributed by atoms with Crippen LogP contribution in [0, 0.1) is 0 Å². The van der Waals surface area contributed by atoms with Gasteiger partial charge in [-0.3, -0.25) is 8.80 Å². The van der Waals surface area contributed by atoms with Gasteiger partial charge in [0.1, 0.15) is 42.4 Å². The minimum Gasteiger partial charge on any atom is -0.497 e. The molecule has 4 aromatic heterocycles. The topological polar surface area (TPSA) is 113 Å². The van der Waals surface area contributed by atoms with Crippen LogP contribution >= 0.6 is 0 Å². The highest BCUT2D eigenvalue weighted by Crippen LogP contribution is 2.36. The van der Waals surface area contributed by atoms with E-state index in [9.17, 15) is 0 Å². The van der Waals surface area contributed by atoms with Gasteiger partial charge in [0.05, 0.1) is 30.9 Å². The van der Waals surface area contributed by atoms with Gasteiger partial charge in [0.25, 0.3) is 0 Å². The Morgan fingerprint density at radius 1 is 0.650 bits per heavy atom. The highest BCUT2D eigenvalue weighted by Gasteiger charge is 2.24. The maximum Gasteiger partial charge on any atom is 0.306 e. The third-order valence-corrected chi connectivity index (χ3v) is 11.2. The van der Waals surface area contributed by atoms with Gasteiger partial charge in [-0.2, -0.15) is 9.97 Å². The lowest BCUT2D eigenvalue weighted by molar-refractivity contribution is 0.0681. The molecule has 0 radical (unpaired) electrons. The van der Waals surface area contributed by atoms with E-state index in [1.807, 2.05) is 57.6 Å². The molecule has 0 fully saturated rings. The van der Waals surface area contributed by atoms with Crippen LogP contribution in [0.5, 0.6) is 5.75 Å². The number of aromatic nitrogens is 4. The van der Waals surface area contributed by atoms with Crippen LogP contribution in [-0.2, 0) is 29.1 Å². The molecule has 0 bridgehead atoms. The van der Waals surface area contributed by atoms with Crippen molar-refractivity contribution in [3.63, 3.8) is 0 Å². The van der Waals surface area contributed by atoms with E-state index in [4.69, 9.17) is 33.2 Å². The summed E-state index contributed by atoms with van der Waals surface area (Å²) >= 11 is 0. The van der Waals surface area contributed by atoms with Crippen molar-refractivity contribution in [2.24, 2.45) is 10.3 Å². The number of hydrogen-bond donors (Lipinski definition) is 0. The van der Waals surface area contributed by atoms with Crippen molar-refractivity contribution < 1.29 is 23.2 Å². The van der Waals surface area contributed by atoms with Crippen LogP contribution in [0.1, 0.15) is 28.1 Å². The molecule has 1 unspecified atom stereocenters. The van der Waals surface area contributed by atoms with Crippen molar-refractivity contribution in [1.82, 2.24) is 18.8 Å². The summed E-state index contributed by atoms with van der Waals surface area (Å²) in [5, 5.41) is 13.4. The number of ether oxygens (including phenoxy) is 1. The van der Waals surface area contributed by atoms with Crippen LogP contribution in [0.15, 0.2) is 165 Å². The molecule has 0 N–H and O–H groups in total. The minimum absolute atomic E-state index is 0.0955. The van der Waals surface area contributed by atoms with Crippen LogP contribution < -0.4 is 4.74 Å². The number of hydrogen-bond acceptors (Lipinski definition) is 9. The van der Waals surface area contributed by atoms with E-state index >= 15 is 0 Å². The first-order valence-corrected chi connectivity index (χ1v) is 19.7. The van der Waals surface area contributed by atoms with Crippen molar-refractivity contribution in [3.8, 4) is 39.4 Å². The fraction of sp³-hybridized carbons (Fsp3) is 0.102. The highest BCUT2D eigenvalue weighted by molar-refractivity contribution is 6.00. The SMILES string of the molecule is COc1ccc(CO/N=C/c2c(-c3ccc4cccc(-c5ccc6c(c5)CC(O/N=C/c5c(-c7ccc8ccccc8c7)nc7occn57)C6)c4c3)nc3occn23)cc1. The van der Waals surface area contributed by atoms with Crippen LogP contribution in [0.4, 0.5) is 0 Å². The molecule has 1 aliphatic carbocycles. The van der Waals surface area contributed by atoms with Crippen molar-refractivity contribution in [2.75, 3.05) is 7.11 Å². The number of nitrogens with zero attached hydrogens (tertiary/aromatic N) is 6. The summed E-state index contributed by atoms with van der Waals surface area (Å²) in [5.74, 6) is 1.76. The van der Waals surface area contributed by atoms with Gasteiger partial charge in [0.2, 0.25) is 0 Å². The summed E-state index contributed by atoms with van der Waals surface area (Å²) in [6.45, 7) is 0.317. The lowest BCUT2D eigenvalue weighted by Crippen LogP contribution is -2.09. The van der Waals surface area contributed by atoms with Crippen molar-refractivity contribution in [2.45, 2.75) is 25.6 Å². The quantitative estimate of drug-likeness (QED) is 0.0947. The number of imidazole rings is 2. The van der Waals surface area contributed by atoms with E-state index in [1.165, 1.54) is 16.5 Å². The van der Waals surface area contributed by atoms with Gasteiger partial charge < -0.3 is 23.2 Å².